The normalized spacial score (nSPS) is 21.2. The van der Waals surface area contributed by atoms with E-state index >= 15 is 0 Å². The van der Waals surface area contributed by atoms with Crippen molar-refractivity contribution < 1.29 is 58.7 Å². The van der Waals surface area contributed by atoms with E-state index in [-0.39, 0.29) is 34.8 Å². The van der Waals surface area contributed by atoms with Crippen molar-refractivity contribution in [1.29, 1.82) is 0 Å². The largest absolute Gasteiger partial charge is 0.508 e. The number of phenolic OH excluding ortho intramolecular Hbond substituents is 4. The quantitative estimate of drug-likeness (QED) is 0.0900. The minimum atomic E-state index is -1.92. The van der Waals surface area contributed by atoms with Crippen molar-refractivity contribution >= 4 is 53.0 Å². The highest BCUT2D eigenvalue weighted by Gasteiger charge is 2.39. The zero-order chi connectivity index (χ0) is 47.7. The van der Waals surface area contributed by atoms with E-state index in [2.05, 4.69) is 36.9 Å². The number of aromatic nitrogens is 1. The average Bonchev–Trinajstić information content (AvgIpc) is 3.71. The molecule has 0 bridgehead atoms. The molecule has 1 saturated heterocycles. The average molecular weight is 924 g/mol. The van der Waals surface area contributed by atoms with Crippen LogP contribution >= 0.6 is 11.6 Å². The Morgan fingerprint density at radius 2 is 1.20 bits per heavy atom. The predicted molar refractivity (Wildman–Crippen MR) is 236 cm³/mol. The number of benzene rings is 4. The zero-order valence-corrected chi connectivity index (χ0v) is 36.0. The van der Waals surface area contributed by atoms with E-state index in [0.717, 1.165) is 36.4 Å². The zero-order valence-electron chi connectivity index (χ0n) is 35.3. The number of amides is 6. The number of esters is 1. The first kappa shape index (κ1) is 47.4. The van der Waals surface area contributed by atoms with Crippen LogP contribution in [0.1, 0.15) is 58.7 Å². The van der Waals surface area contributed by atoms with Crippen molar-refractivity contribution in [2.24, 2.45) is 0 Å². The Morgan fingerprint density at radius 3 is 1.76 bits per heavy atom. The summed E-state index contributed by atoms with van der Waals surface area (Å²) >= 11 is 6.01. The molecule has 11 N–H and O–H groups in total. The first-order chi connectivity index (χ1) is 31.4. The van der Waals surface area contributed by atoms with Gasteiger partial charge in [-0.15, -0.1) is 0 Å². The SMILES string of the molecule is C[C@H]1NC(=O)[C@@H](Cc2ccccc2)NC(=O)[C@H](NC(=O)[C@H](Cc2ccccc2)NC(=O)c2ccc(Cl)[nH]2)[C@@H](C)OC(=O)[C@@H](c2cc(O)cc(O)c2)NC(=O)C(c2cc(O)cc(O)c2)NC1=O. The van der Waals surface area contributed by atoms with Gasteiger partial charge in [-0.25, -0.2) is 4.79 Å². The van der Waals surface area contributed by atoms with E-state index in [9.17, 15) is 54.0 Å². The van der Waals surface area contributed by atoms with Gasteiger partial charge in [-0.1, -0.05) is 72.3 Å². The van der Waals surface area contributed by atoms with Gasteiger partial charge in [0.15, 0.2) is 6.04 Å². The van der Waals surface area contributed by atoms with Gasteiger partial charge in [0.2, 0.25) is 29.5 Å². The number of aromatic hydroxyl groups is 4. The molecule has 2 heterocycles. The molecule has 1 aromatic heterocycles. The lowest BCUT2D eigenvalue weighted by Crippen LogP contribution is -2.62. The maximum absolute atomic E-state index is 14.6. The summed E-state index contributed by atoms with van der Waals surface area (Å²) in [5.41, 5.74) is 0.770. The fourth-order valence-corrected chi connectivity index (χ4v) is 7.27. The lowest BCUT2D eigenvalue weighted by Gasteiger charge is -2.31. The van der Waals surface area contributed by atoms with Gasteiger partial charge in [0, 0.05) is 25.0 Å². The van der Waals surface area contributed by atoms with Gasteiger partial charge < -0.3 is 62.0 Å². The molecule has 5 aromatic rings. The van der Waals surface area contributed by atoms with E-state index in [4.69, 9.17) is 16.3 Å². The van der Waals surface area contributed by atoms with Gasteiger partial charge in [-0.05, 0) is 72.5 Å². The predicted octanol–water partition coefficient (Wildman–Crippen LogP) is 2.21. The first-order valence-electron chi connectivity index (χ1n) is 20.5. The Bertz CT molecular complexity index is 2570. The number of ether oxygens (including phenoxy) is 1. The van der Waals surface area contributed by atoms with Gasteiger partial charge in [0.1, 0.15) is 70.2 Å². The van der Waals surface area contributed by atoms with E-state index in [1.54, 1.807) is 60.7 Å². The second-order valence-corrected chi connectivity index (χ2v) is 15.9. The molecule has 0 saturated carbocycles. The van der Waals surface area contributed by atoms with Crippen molar-refractivity contribution in [3.63, 3.8) is 0 Å². The number of carbonyl (C=O) groups is 7. The van der Waals surface area contributed by atoms with Crippen LogP contribution in [0.25, 0.3) is 0 Å². The number of hydrogen-bond donors (Lipinski definition) is 11. The van der Waals surface area contributed by atoms with E-state index in [1.165, 1.54) is 26.0 Å². The fourth-order valence-electron chi connectivity index (χ4n) is 7.11. The molecule has 1 aliphatic heterocycles. The van der Waals surface area contributed by atoms with Crippen molar-refractivity contribution in [1.82, 2.24) is 36.9 Å². The van der Waals surface area contributed by atoms with Crippen LogP contribution in [-0.4, -0.2) is 97.1 Å². The summed E-state index contributed by atoms with van der Waals surface area (Å²) in [7, 11) is 0. The Kier molecular flexibility index (Phi) is 15.1. The summed E-state index contributed by atoms with van der Waals surface area (Å²) in [4.78, 5) is 102. The molecule has 0 aliphatic carbocycles. The number of aromatic amines is 1. The summed E-state index contributed by atoms with van der Waals surface area (Å²) in [6.45, 7) is 2.53. The number of H-pyrrole nitrogens is 1. The summed E-state index contributed by atoms with van der Waals surface area (Å²) in [5.74, 6) is -9.11. The molecule has 1 fully saturated rings. The highest BCUT2D eigenvalue weighted by atomic mass is 35.5. The third-order valence-electron chi connectivity index (χ3n) is 10.4. The lowest BCUT2D eigenvalue weighted by molar-refractivity contribution is -0.156. The molecule has 66 heavy (non-hydrogen) atoms. The van der Waals surface area contributed by atoms with Crippen LogP contribution in [0.2, 0.25) is 5.15 Å². The molecule has 1 unspecified atom stereocenters. The Hall–Kier alpha value is -8.06. The topological polar surface area (TPSA) is 298 Å². The molecule has 4 aromatic carbocycles. The van der Waals surface area contributed by atoms with Crippen LogP contribution in [0.4, 0.5) is 0 Å². The molecule has 6 amide bonds. The third-order valence-corrected chi connectivity index (χ3v) is 10.6. The number of hydrogen-bond acceptors (Lipinski definition) is 12. The molecule has 0 spiro atoms. The lowest BCUT2D eigenvalue weighted by atomic mass is 10.0. The molecule has 344 valence electrons. The highest BCUT2D eigenvalue weighted by molar-refractivity contribution is 6.29. The fraction of sp³-hybridized carbons (Fsp3) is 0.239. The van der Waals surface area contributed by atoms with Crippen LogP contribution in [0, 0.1) is 0 Å². The minimum absolute atomic E-state index is 0.0162. The van der Waals surface area contributed by atoms with Gasteiger partial charge in [0.25, 0.3) is 5.91 Å². The van der Waals surface area contributed by atoms with Crippen molar-refractivity contribution in [3.05, 3.63) is 142 Å². The third kappa shape index (κ3) is 12.3. The van der Waals surface area contributed by atoms with Gasteiger partial charge >= 0.3 is 5.97 Å². The van der Waals surface area contributed by atoms with Crippen molar-refractivity contribution in [3.8, 4) is 23.0 Å². The number of carbonyl (C=O) groups excluding carboxylic acids is 7. The molecule has 19 nitrogen and oxygen atoms in total. The Morgan fingerprint density at radius 1 is 0.652 bits per heavy atom. The summed E-state index contributed by atoms with van der Waals surface area (Å²) < 4.78 is 5.81. The molecule has 6 rings (SSSR count). The first-order valence-corrected chi connectivity index (χ1v) is 20.8. The molecule has 20 heteroatoms. The molecule has 1 aliphatic rings. The van der Waals surface area contributed by atoms with Crippen LogP contribution in [-0.2, 0) is 46.3 Å². The van der Waals surface area contributed by atoms with E-state index in [0.29, 0.717) is 11.1 Å². The van der Waals surface area contributed by atoms with Crippen molar-refractivity contribution in [2.45, 2.75) is 69.0 Å². The number of cyclic esters (lactones) is 1. The van der Waals surface area contributed by atoms with Crippen LogP contribution in [0.15, 0.2) is 109 Å². The number of nitrogens with one attached hydrogen (secondary N) is 7. The van der Waals surface area contributed by atoms with Gasteiger partial charge in [0.05, 0.1) is 0 Å². The van der Waals surface area contributed by atoms with E-state index in [1.807, 2.05) is 0 Å². The molecular formula is C46H46ClN7O12. The monoisotopic (exact) mass is 923 g/mol. The smallest absolute Gasteiger partial charge is 0.333 e. The van der Waals surface area contributed by atoms with Crippen LogP contribution < -0.4 is 31.9 Å². The summed E-state index contributed by atoms with van der Waals surface area (Å²) in [6, 6.07) is 16.2. The second-order valence-electron chi connectivity index (χ2n) is 15.5. The second kappa shape index (κ2) is 21.1. The molecule has 7 atom stereocenters. The Balaban J connectivity index is 1.43. The van der Waals surface area contributed by atoms with Gasteiger partial charge in [-0.2, -0.15) is 0 Å². The Labute approximate surface area is 381 Å². The number of halogens is 1. The maximum atomic E-state index is 14.6. The molecular weight excluding hydrogens is 878 g/mol. The number of phenols is 4. The van der Waals surface area contributed by atoms with Gasteiger partial charge in [-0.3, -0.25) is 28.8 Å². The van der Waals surface area contributed by atoms with Crippen molar-refractivity contribution in [2.75, 3.05) is 0 Å². The molecule has 0 radical (unpaired) electrons. The van der Waals surface area contributed by atoms with Crippen LogP contribution in [0.5, 0.6) is 23.0 Å². The highest BCUT2D eigenvalue weighted by Crippen LogP contribution is 2.29. The maximum Gasteiger partial charge on any atom is 0.333 e. The minimum Gasteiger partial charge on any atom is -0.508 e. The summed E-state index contributed by atoms with van der Waals surface area (Å²) in [6.07, 6.45) is -1.89. The summed E-state index contributed by atoms with van der Waals surface area (Å²) in [5, 5.41) is 56.9. The van der Waals surface area contributed by atoms with E-state index < -0.39 is 107 Å². The standard InChI is InChI=1S/C46H46ClN7O12/c1-23-40(59)53-38(27-17-29(55)21-30(56)18-27)45(64)54-39(28-19-31(57)22-32(58)20-28)46(65)66-24(2)37(44(63)51-34(42(61)48-23)15-25-9-5-3-6-10-25)52-43(62)35(16-26-11-7-4-8-12-26)50-41(60)33-13-14-36(47)49-33/h3-14,17-24,34-35,37-39,49,55-58H,15-16H2,1-2H3,(H,48,61)(H,50,60)(H,51,63)(H,52,62)(H,53,59)(H,54,64)/t23-,24-,34-,35+,37-,38?,39-/m1/s1. The van der Waals surface area contributed by atoms with Crippen LogP contribution in [0.3, 0.4) is 0 Å². The number of rotatable bonds is 10.